The van der Waals surface area contributed by atoms with Crippen molar-refractivity contribution in [3.63, 3.8) is 0 Å². The molecule has 0 radical (unpaired) electrons. The average Bonchev–Trinajstić information content (AvgIpc) is 3.48. The first-order valence-corrected chi connectivity index (χ1v) is 13.0. The molecule has 0 saturated carbocycles. The number of nitrogens with zero attached hydrogens (tertiary/aromatic N) is 2. The van der Waals surface area contributed by atoms with Gasteiger partial charge in [0.25, 0.3) is 0 Å². The summed E-state index contributed by atoms with van der Waals surface area (Å²) >= 11 is 0. The molecule has 0 bridgehead atoms. The van der Waals surface area contributed by atoms with Crippen molar-refractivity contribution < 1.29 is 19.2 Å². The summed E-state index contributed by atoms with van der Waals surface area (Å²) in [6.07, 6.45) is 4.19. The van der Waals surface area contributed by atoms with Gasteiger partial charge in [0.1, 0.15) is 12.3 Å². The van der Waals surface area contributed by atoms with Crippen molar-refractivity contribution in [2.45, 2.75) is 112 Å². The summed E-state index contributed by atoms with van der Waals surface area (Å²) in [6.45, 7) is 18.7. The molecule has 0 spiro atoms. The van der Waals surface area contributed by atoms with E-state index >= 15 is 0 Å². The normalized spacial score (nSPS) is 21.3. The topological polar surface area (TPSA) is 113 Å². The van der Waals surface area contributed by atoms with E-state index in [2.05, 4.69) is 5.32 Å². The van der Waals surface area contributed by atoms with E-state index in [-0.39, 0.29) is 47.6 Å². The maximum absolute atomic E-state index is 12.9. The zero-order valence-electron chi connectivity index (χ0n) is 23.4. The summed E-state index contributed by atoms with van der Waals surface area (Å²) in [7, 11) is 1.94. The number of nitrogens with one attached hydrogen (secondary N) is 1. The Labute approximate surface area is 208 Å². The van der Waals surface area contributed by atoms with Crippen LogP contribution in [0.1, 0.15) is 88.0 Å². The van der Waals surface area contributed by atoms with E-state index in [1.165, 1.54) is 6.92 Å². The zero-order valence-corrected chi connectivity index (χ0v) is 23.4. The van der Waals surface area contributed by atoms with Gasteiger partial charge in [-0.25, -0.2) is 0 Å². The van der Waals surface area contributed by atoms with Gasteiger partial charge in [-0.3, -0.25) is 19.3 Å². The summed E-state index contributed by atoms with van der Waals surface area (Å²) in [5.41, 5.74) is 5.25. The summed E-state index contributed by atoms with van der Waals surface area (Å²) in [5.74, 6) is 0.103. The van der Waals surface area contributed by atoms with Crippen molar-refractivity contribution in [2.24, 2.45) is 17.6 Å². The van der Waals surface area contributed by atoms with E-state index in [4.69, 9.17) is 5.73 Å². The molecule has 8 nitrogen and oxygen atoms in total. The largest absolute Gasteiger partial charge is 0.343 e. The highest BCUT2D eigenvalue weighted by Gasteiger charge is 2.38. The Hall–Kier alpha value is -1.80. The monoisotopic (exact) mass is 484 g/mol. The molecule has 2 saturated heterocycles. The van der Waals surface area contributed by atoms with Crippen LogP contribution in [0.4, 0.5) is 0 Å². The van der Waals surface area contributed by atoms with E-state index in [1.807, 2.05) is 67.3 Å². The Balaban J connectivity index is 0. The quantitative estimate of drug-likeness (QED) is 0.537. The fraction of sp³-hybridized carbons (Fsp3) is 0.846. The van der Waals surface area contributed by atoms with Gasteiger partial charge in [-0.05, 0) is 58.0 Å². The van der Waals surface area contributed by atoms with Crippen LogP contribution in [0.3, 0.4) is 0 Å². The Morgan fingerprint density at radius 1 is 0.912 bits per heavy atom. The molecule has 0 aromatic rings. The predicted octanol–water partition coefficient (Wildman–Crippen LogP) is 3.02. The van der Waals surface area contributed by atoms with Crippen molar-refractivity contribution in [1.82, 2.24) is 15.1 Å². The lowest BCUT2D eigenvalue weighted by atomic mass is 10.0. The van der Waals surface area contributed by atoms with Gasteiger partial charge in [-0.15, -0.1) is 0 Å². The van der Waals surface area contributed by atoms with Crippen molar-refractivity contribution >= 4 is 23.9 Å². The van der Waals surface area contributed by atoms with Gasteiger partial charge in [-0.2, -0.15) is 0 Å². The van der Waals surface area contributed by atoms with Gasteiger partial charge < -0.3 is 20.7 Å². The maximum atomic E-state index is 12.9. The molecule has 2 heterocycles. The first-order valence-electron chi connectivity index (χ1n) is 13.0. The third-order valence-corrected chi connectivity index (χ3v) is 5.99. The lowest BCUT2D eigenvalue weighted by molar-refractivity contribution is -0.142. The second kappa shape index (κ2) is 18.5. The third-order valence-electron chi connectivity index (χ3n) is 5.99. The zero-order chi connectivity index (χ0) is 27.0. The molecule has 4 unspecified atom stereocenters. The minimum absolute atomic E-state index is 0.00799. The number of ketones is 1. The summed E-state index contributed by atoms with van der Waals surface area (Å²) in [6, 6.07) is -1.31. The van der Waals surface area contributed by atoms with Crippen LogP contribution in [0.15, 0.2) is 0 Å². The van der Waals surface area contributed by atoms with Gasteiger partial charge in [0.05, 0.1) is 18.1 Å². The van der Waals surface area contributed by atoms with Crippen LogP contribution in [0.5, 0.6) is 0 Å². The Morgan fingerprint density at radius 3 is 1.76 bits per heavy atom. The van der Waals surface area contributed by atoms with Crippen LogP contribution in [0.2, 0.25) is 0 Å². The number of nitrogens with two attached hydrogens (primary N) is 1. The third kappa shape index (κ3) is 11.1. The van der Waals surface area contributed by atoms with Gasteiger partial charge in [0.15, 0.2) is 5.78 Å². The fourth-order valence-corrected chi connectivity index (χ4v) is 3.79. The number of rotatable bonds is 7. The van der Waals surface area contributed by atoms with Crippen molar-refractivity contribution in [3.8, 4) is 0 Å². The molecular formula is C26H52N4O4. The molecule has 2 aliphatic heterocycles. The van der Waals surface area contributed by atoms with Gasteiger partial charge in [-0.1, -0.05) is 55.4 Å². The molecule has 2 aliphatic rings. The highest BCUT2D eigenvalue weighted by molar-refractivity contribution is 5.93. The van der Waals surface area contributed by atoms with Crippen LogP contribution < -0.4 is 11.1 Å². The second-order valence-corrected chi connectivity index (χ2v) is 9.13. The predicted molar refractivity (Wildman–Crippen MR) is 139 cm³/mol. The van der Waals surface area contributed by atoms with Crippen molar-refractivity contribution in [3.05, 3.63) is 0 Å². The molecule has 0 aliphatic carbocycles. The fourth-order valence-electron chi connectivity index (χ4n) is 3.79. The Morgan fingerprint density at radius 2 is 1.41 bits per heavy atom. The second-order valence-electron chi connectivity index (χ2n) is 9.13. The molecule has 2 rings (SSSR count). The summed E-state index contributed by atoms with van der Waals surface area (Å²) < 4.78 is 0. The smallest absolute Gasteiger partial charge is 0.246 e. The standard InChI is InChI=1S/C17H29N3O3.C5H11NO.2C2H6/c1-11(2)15(18-16(22)14-8-5-9-19(14)4)17(23)20-10-6-7-13(20)12(3)21;1-4(2)5(6)3-7;2*1-2/h11,13-15H,5-10H2,1-4H3,(H,18,22);3-5H,6H2,1-2H3;2*1-2H3. The molecular weight excluding hydrogens is 432 g/mol. The van der Waals surface area contributed by atoms with Gasteiger partial charge >= 0.3 is 0 Å². The van der Waals surface area contributed by atoms with E-state index in [1.54, 1.807) is 4.90 Å². The maximum Gasteiger partial charge on any atom is 0.246 e. The van der Waals surface area contributed by atoms with E-state index in [9.17, 15) is 19.2 Å². The molecule has 34 heavy (non-hydrogen) atoms. The van der Waals surface area contributed by atoms with Crippen molar-refractivity contribution in [1.29, 1.82) is 0 Å². The van der Waals surface area contributed by atoms with Crippen molar-refractivity contribution in [2.75, 3.05) is 20.1 Å². The number of carbonyl (C=O) groups is 4. The number of aldehydes is 1. The van der Waals surface area contributed by atoms with Crippen LogP contribution in [-0.4, -0.2) is 78.0 Å². The average molecular weight is 485 g/mol. The molecule has 8 heteroatoms. The molecule has 3 N–H and O–H groups in total. The minimum atomic E-state index is -0.559. The molecule has 2 amide bonds. The number of hydrogen-bond donors (Lipinski definition) is 2. The Kier molecular flexibility index (Phi) is 18.7. The SMILES string of the molecule is CC.CC.CC(=O)C1CCCN1C(=O)C(NC(=O)C1CCCN1C)C(C)C.CC(C)C(N)C=O. The lowest BCUT2D eigenvalue weighted by Crippen LogP contribution is -2.56. The number of likely N-dealkylation sites (tertiary alicyclic amines) is 2. The van der Waals surface area contributed by atoms with E-state index in [0.29, 0.717) is 6.54 Å². The molecule has 2 fully saturated rings. The lowest BCUT2D eigenvalue weighted by Gasteiger charge is -2.31. The highest BCUT2D eigenvalue weighted by atomic mass is 16.2. The minimum Gasteiger partial charge on any atom is -0.343 e. The number of likely N-dealkylation sites (N-methyl/N-ethyl adjacent to an activating group) is 1. The van der Waals surface area contributed by atoms with Crippen LogP contribution in [-0.2, 0) is 19.2 Å². The van der Waals surface area contributed by atoms with Gasteiger partial charge in [0.2, 0.25) is 11.8 Å². The molecule has 0 aromatic carbocycles. The van der Waals surface area contributed by atoms with Crippen LogP contribution in [0.25, 0.3) is 0 Å². The van der Waals surface area contributed by atoms with E-state index < -0.39 is 6.04 Å². The molecule has 4 atom stereocenters. The van der Waals surface area contributed by atoms with Crippen LogP contribution in [0, 0.1) is 11.8 Å². The highest BCUT2D eigenvalue weighted by Crippen LogP contribution is 2.21. The van der Waals surface area contributed by atoms with Crippen LogP contribution >= 0.6 is 0 Å². The number of amides is 2. The first kappa shape index (κ1) is 34.4. The summed E-state index contributed by atoms with van der Waals surface area (Å²) in [4.78, 5) is 50.6. The van der Waals surface area contributed by atoms with E-state index in [0.717, 1.165) is 38.5 Å². The molecule has 0 aromatic heterocycles. The number of Topliss-reactive ketones (excluding diaryl/α,β-unsaturated/α-hetero) is 1. The number of hydrogen-bond acceptors (Lipinski definition) is 6. The van der Waals surface area contributed by atoms with Gasteiger partial charge in [0, 0.05) is 6.54 Å². The first-order chi connectivity index (χ1) is 16.0. The summed E-state index contributed by atoms with van der Waals surface area (Å²) in [5, 5.41) is 2.94. The molecule has 200 valence electrons. The Bertz CT molecular complexity index is 610. The number of carbonyl (C=O) groups excluding carboxylic acids is 4.